The molecule has 0 amide bonds. The van der Waals surface area contributed by atoms with Crippen molar-refractivity contribution in [3.8, 4) is 0 Å². The van der Waals surface area contributed by atoms with Gasteiger partial charge in [0.25, 0.3) is 0 Å². The third kappa shape index (κ3) is 35.0. The Balaban J connectivity index is 3.09. The lowest BCUT2D eigenvalue weighted by molar-refractivity contribution is -0.0274. The summed E-state index contributed by atoms with van der Waals surface area (Å²) in [7, 11) is 0. The van der Waals surface area contributed by atoms with Crippen molar-refractivity contribution in [1.82, 2.24) is 5.01 Å². The van der Waals surface area contributed by atoms with E-state index in [1.54, 1.807) is 0 Å². The van der Waals surface area contributed by atoms with Crippen molar-refractivity contribution in [2.75, 3.05) is 159 Å². The fraction of sp³-hybridized carbons (Fsp3) is 0.926. The molecule has 5 N–H and O–H groups in total. The lowest BCUT2D eigenvalue weighted by Crippen LogP contribution is -2.30. The largest absolute Gasteiger partial charge is 0.399 e. The van der Waals surface area contributed by atoms with Crippen LogP contribution in [0.3, 0.4) is 0 Å². The molecule has 0 fully saturated rings. The number of hydrogen-bond acceptors (Lipinski definition) is 15. The summed E-state index contributed by atoms with van der Waals surface area (Å²) >= 11 is 0. The molecule has 0 spiro atoms. The molecule has 0 aromatic heterocycles. The fourth-order valence-electron chi connectivity index (χ4n) is 2.83. The Labute approximate surface area is 251 Å². The maximum absolute atomic E-state index is 8.82. The van der Waals surface area contributed by atoms with Crippen LogP contribution in [0.5, 0.6) is 0 Å². The summed E-state index contributed by atoms with van der Waals surface area (Å²) in [5, 5.41) is 10.2. The summed E-state index contributed by atoms with van der Waals surface area (Å²) in [4.78, 5) is 0. The molecule has 0 unspecified atom stereocenters. The highest BCUT2D eigenvalue weighted by molar-refractivity contribution is 4.94. The zero-order valence-corrected chi connectivity index (χ0v) is 25.6. The molecule has 0 aromatic carbocycles. The molecule has 0 aromatic rings. The minimum Gasteiger partial charge on any atom is -0.399 e. The molecule has 0 rings (SSSR count). The SMILES string of the molecule is CCOCCOCCOCCOCCOCCOCCOCCOCCOCCOCCOCCN(N)/C=C(\N)CO. The molecule has 0 bridgehead atoms. The fourth-order valence-corrected chi connectivity index (χ4v) is 2.83. The van der Waals surface area contributed by atoms with Gasteiger partial charge in [0.2, 0.25) is 0 Å². The molecule has 42 heavy (non-hydrogen) atoms. The number of aliphatic hydroxyl groups is 1. The molecule has 0 aliphatic heterocycles. The third-order valence-corrected chi connectivity index (χ3v) is 4.93. The van der Waals surface area contributed by atoms with Gasteiger partial charge in [0.15, 0.2) is 0 Å². The standard InChI is InChI=1S/C27H57N3O12/c1-2-32-5-6-34-9-10-36-13-14-38-17-18-40-21-22-42-24-23-41-20-19-39-16-15-37-12-11-35-8-7-33-4-3-30(29)25-27(28)26-31/h25,31H,2-24,26,28-29H2,1H3/b27-25-. The maximum Gasteiger partial charge on any atom is 0.0840 e. The summed E-state index contributed by atoms with van der Waals surface area (Å²) < 4.78 is 59.5. The topological polar surface area (TPSA) is 177 Å². The van der Waals surface area contributed by atoms with E-state index in [4.69, 9.17) is 68.8 Å². The van der Waals surface area contributed by atoms with Gasteiger partial charge in [0, 0.05) is 12.8 Å². The second-order valence-corrected chi connectivity index (χ2v) is 8.42. The van der Waals surface area contributed by atoms with Crippen molar-refractivity contribution in [2.24, 2.45) is 11.6 Å². The molecular weight excluding hydrogens is 558 g/mol. The normalized spacial score (nSPS) is 11.9. The smallest absolute Gasteiger partial charge is 0.0840 e. The van der Waals surface area contributed by atoms with Gasteiger partial charge in [-0.15, -0.1) is 0 Å². The first-order valence-electron chi connectivity index (χ1n) is 14.6. The van der Waals surface area contributed by atoms with Crippen LogP contribution in [0.15, 0.2) is 11.9 Å². The molecule has 15 heteroatoms. The molecule has 0 aliphatic rings. The number of rotatable bonds is 36. The number of ether oxygens (including phenoxy) is 11. The van der Waals surface area contributed by atoms with E-state index in [1.165, 1.54) is 11.2 Å². The van der Waals surface area contributed by atoms with Gasteiger partial charge in [-0.3, -0.25) is 0 Å². The Morgan fingerprint density at radius 2 is 0.714 bits per heavy atom. The monoisotopic (exact) mass is 615 g/mol. The van der Waals surface area contributed by atoms with Crippen LogP contribution in [0.1, 0.15) is 6.92 Å². The van der Waals surface area contributed by atoms with E-state index >= 15 is 0 Å². The van der Waals surface area contributed by atoms with Crippen molar-refractivity contribution in [3.63, 3.8) is 0 Å². The van der Waals surface area contributed by atoms with Crippen LogP contribution in [0.4, 0.5) is 0 Å². The van der Waals surface area contributed by atoms with Crippen molar-refractivity contribution >= 4 is 0 Å². The molecule has 0 radical (unpaired) electrons. The lowest BCUT2D eigenvalue weighted by atomic mass is 10.5. The van der Waals surface area contributed by atoms with Gasteiger partial charge in [-0.2, -0.15) is 0 Å². The summed E-state index contributed by atoms with van der Waals surface area (Å²) in [6.07, 6.45) is 1.47. The quantitative estimate of drug-likeness (QED) is 0.0451. The Morgan fingerprint density at radius 3 is 0.952 bits per heavy atom. The van der Waals surface area contributed by atoms with E-state index < -0.39 is 0 Å². The summed E-state index contributed by atoms with van der Waals surface area (Å²) in [6, 6.07) is 0. The molecular formula is C27H57N3O12. The van der Waals surface area contributed by atoms with Crippen LogP contribution in [-0.4, -0.2) is 169 Å². The maximum atomic E-state index is 8.82. The minimum atomic E-state index is -0.233. The van der Waals surface area contributed by atoms with Gasteiger partial charge in [0.1, 0.15) is 0 Å². The highest BCUT2D eigenvalue weighted by atomic mass is 16.6. The van der Waals surface area contributed by atoms with Crippen LogP contribution in [0.25, 0.3) is 0 Å². The van der Waals surface area contributed by atoms with Gasteiger partial charge >= 0.3 is 0 Å². The van der Waals surface area contributed by atoms with E-state index in [2.05, 4.69) is 0 Å². The zero-order chi connectivity index (χ0) is 30.6. The minimum absolute atomic E-state index is 0.233. The highest BCUT2D eigenvalue weighted by Gasteiger charge is 1.98. The second kappa shape index (κ2) is 36.0. The summed E-state index contributed by atoms with van der Waals surface area (Å²) in [5.41, 5.74) is 5.77. The zero-order valence-electron chi connectivity index (χ0n) is 25.6. The van der Waals surface area contributed by atoms with E-state index in [-0.39, 0.29) is 6.61 Å². The van der Waals surface area contributed by atoms with Gasteiger partial charge in [-0.1, -0.05) is 0 Å². The van der Waals surface area contributed by atoms with E-state index in [0.29, 0.717) is 158 Å². The van der Waals surface area contributed by atoms with Crippen LogP contribution in [-0.2, 0) is 52.1 Å². The first kappa shape index (κ1) is 40.8. The van der Waals surface area contributed by atoms with Crippen LogP contribution in [0.2, 0.25) is 0 Å². The number of hydrazine groups is 1. The Morgan fingerprint density at radius 1 is 0.476 bits per heavy atom. The van der Waals surface area contributed by atoms with E-state index in [9.17, 15) is 0 Å². The van der Waals surface area contributed by atoms with Gasteiger partial charge in [-0.25, -0.2) is 5.84 Å². The molecule has 0 saturated heterocycles. The number of nitrogens with two attached hydrogens (primary N) is 2. The Hall–Kier alpha value is -1.18. The molecule has 0 saturated carbocycles. The Kier molecular flexibility index (Phi) is 35.0. The Bertz CT molecular complexity index is 552. The van der Waals surface area contributed by atoms with E-state index in [0.717, 1.165) is 0 Å². The van der Waals surface area contributed by atoms with Crippen molar-refractivity contribution in [3.05, 3.63) is 11.9 Å². The highest BCUT2D eigenvalue weighted by Crippen LogP contribution is 1.89. The van der Waals surface area contributed by atoms with Crippen molar-refractivity contribution < 1.29 is 57.2 Å². The van der Waals surface area contributed by atoms with Crippen molar-refractivity contribution in [2.45, 2.75) is 6.92 Å². The molecule has 0 atom stereocenters. The van der Waals surface area contributed by atoms with E-state index in [1.807, 2.05) is 6.92 Å². The molecule has 0 aliphatic carbocycles. The molecule has 252 valence electrons. The number of hydrogen-bond donors (Lipinski definition) is 3. The van der Waals surface area contributed by atoms with Gasteiger partial charge < -0.3 is 68.0 Å². The molecule has 15 nitrogen and oxygen atoms in total. The van der Waals surface area contributed by atoms with Gasteiger partial charge in [0.05, 0.1) is 158 Å². The second-order valence-electron chi connectivity index (χ2n) is 8.42. The predicted molar refractivity (Wildman–Crippen MR) is 155 cm³/mol. The number of aliphatic hydroxyl groups excluding tert-OH is 1. The number of nitrogens with zero attached hydrogens (tertiary/aromatic N) is 1. The van der Waals surface area contributed by atoms with Gasteiger partial charge in [-0.05, 0) is 6.92 Å². The average Bonchev–Trinajstić information content (AvgIpc) is 2.99. The van der Waals surface area contributed by atoms with Crippen LogP contribution < -0.4 is 11.6 Å². The summed E-state index contributed by atoms with van der Waals surface area (Å²) in [6.45, 7) is 13.6. The lowest BCUT2D eigenvalue weighted by Gasteiger charge is -2.14. The van der Waals surface area contributed by atoms with Crippen LogP contribution in [0, 0.1) is 0 Å². The van der Waals surface area contributed by atoms with Crippen molar-refractivity contribution in [1.29, 1.82) is 0 Å². The van der Waals surface area contributed by atoms with Crippen LogP contribution >= 0.6 is 0 Å². The first-order valence-corrected chi connectivity index (χ1v) is 14.6. The predicted octanol–water partition coefficient (Wildman–Crippen LogP) is -0.843. The first-order chi connectivity index (χ1) is 20.7. The average molecular weight is 616 g/mol. The third-order valence-electron chi connectivity index (χ3n) is 4.93. The summed E-state index contributed by atoms with van der Waals surface area (Å²) in [5.74, 6) is 5.67. The molecule has 0 heterocycles.